The molecule has 0 amide bonds. The van der Waals surface area contributed by atoms with Crippen molar-refractivity contribution in [3.05, 3.63) is 35.6 Å². The molecule has 1 aromatic rings. The zero-order valence-electron chi connectivity index (χ0n) is 11.2. The Morgan fingerprint density at radius 3 is 2.50 bits per heavy atom. The average Bonchev–Trinajstić information content (AvgIpc) is 2.48. The predicted molar refractivity (Wildman–Crippen MR) is 79.9 cm³/mol. The van der Waals surface area contributed by atoms with E-state index < -0.39 is 0 Å². The summed E-state index contributed by atoms with van der Waals surface area (Å²) in [6.07, 6.45) is 2.51. The molecule has 3 atom stereocenters. The van der Waals surface area contributed by atoms with Gasteiger partial charge in [0.15, 0.2) is 5.11 Å². The van der Waals surface area contributed by atoms with Crippen molar-refractivity contribution in [2.45, 2.75) is 31.0 Å². The van der Waals surface area contributed by atoms with Crippen molar-refractivity contribution in [2.75, 3.05) is 13.1 Å². The minimum Gasteiger partial charge on any atom is -0.358 e. The second kappa shape index (κ2) is 4.67. The van der Waals surface area contributed by atoms with Crippen LogP contribution in [0.1, 0.15) is 24.4 Å². The molecule has 4 aliphatic heterocycles. The highest BCUT2D eigenvalue weighted by atomic mass is 32.1. The van der Waals surface area contributed by atoms with Gasteiger partial charge in [0.1, 0.15) is 5.82 Å². The van der Waals surface area contributed by atoms with Gasteiger partial charge in [0.25, 0.3) is 0 Å². The van der Waals surface area contributed by atoms with E-state index in [1.54, 1.807) is 0 Å². The summed E-state index contributed by atoms with van der Waals surface area (Å²) in [6, 6.07) is 7.84. The zero-order chi connectivity index (χ0) is 13.7. The van der Waals surface area contributed by atoms with Crippen molar-refractivity contribution >= 4 is 17.3 Å². The van der Waals surface area contributed by atoms with Crippen molar-refractivity contribution in [3.63, 3.8) is 0 Å². The number of thiocarbonyl (C=S) groups is 1. The summed E-state index contributed by atoms with van der Waals surface area (Å²) in [5.41, 5.74) is 1.12. The molecule has 0 saturated carbocycles. The van der Waals surface area contributed by atoms with Gasteiger partial charge in [-0.3, -0.25) is 4.90 Å². The fourth-order valence-corrected chi connectivity index (χ4v) is 4.34. The summed E-state index contributed by atoms with van der Waals surface area (Å²) in [6.45, 7) is 2.33. The van der Waals surface area contributed by atoms with Crippen molar-refractivity contribution in [3.8, 4) is 0 Å². The number of nitrogens with zero attached hydrogens (tertiary/aromatic N) is 1. The van der Waals surface area contributed by atoms with Crippen LogP contribution in [0.4, 0.5) is 4.39 Å². The molecular weight excluding hydrogens is 273 g/mol. The molecule has 0 spiro atoms. The van der Waals surface area contributed by atoms with Gasteiger partial charge in [-0.15, -0.1) is 0 Å². The van der Waals surface area contributed by atoms with Gasteiger partial charge in [0.05, 0.1) is 12.1 Å². The lowest BCUT2D eigenvalue weighted by Gasteiger charge is -2.56. The van der Waals surface area contributed by atoms with Crippen molar-refractivity contribution in [1.29, 1.82) is 0 Å². The largest absolute Gasteiger partial charge is 0.358 e. The van der Waals surface area contributed by atoms with Crippen LogP contribution < -0.4 is 10.6 Å². The molecule has 1 aromatic carbocycles. The minimum atomic E-state index is -0.188. The van der Waals surface area contributed by atoms with Crippen molar-refractivity contribution in [2.24, 2.45) is 5.92 Å². The lowest BCUT2D eigenvalue weighted by atomic mass is 9.74. The first-order valence-corrected chi connectivity index (χ1v) is 7.70. The molecule has 2 N–H and O–H groups in total. The summed E-state index contributed by atoms with van der Waals surface area (Å²) in [7, 11) is 0. The Hall–Kier alpha value is -1.20. The van der Waals surface area contributed by atoms with Crippen LogP contribution in [0.3, 0.4) is 0 Å². The lowest BCUT2D eigenvalue weighted by Crippen LogP contribution is -2.71. The molecule has 4 saturated heterocycles. The summed E-state index contributed by atoms with van der Waals surface area (Å²) < 4.78 is 13.1. The van der Waals surface area contributed by atoms with E-state index in [2.05, 4.69) is 15.5 Å². The molecule has 0 aromatic heterocycles. The third-order valence-electron chi connectivity index (χ3n) is 5.03. The van der Waals surface area contributed by atoms with Crippen LogP contribution in [0.25, 0.3) is 0 Å². The van der Waals surface area contributed by atoms with Crippen LogP contribution >= 0.6 is 12.2 Å². The molecule has 0 radical (unpaired) electrons. The van der Waals surface area contributed by atoms with E-state index in [-0.39, 0.29) is 11.9 Å². The number of hydrogen-bond acceptors (Lipinski definition) is 2. The summed E-state index contributed by atoms with van der Waals surface area (Å²) in [5.74, 6) is 0.528. The fourth-order valence-electron chi connectivity index (χ4n) is 4.07. The highest BCUT2D eigenvalue weighted by Crippen LogP contribution is 2.39. The van der Waals surface area contributed by atoms with Gasteiger partial charge in [-0.2, -0.15) is 0 Å². The van der Waals surface area contributed by atoms with Crippen LogP contribution in [0.2, 0.25) is 0 Å². The minimum absolute atomic E-state index is 0.164. The molecule has 0 aliphatic carbocycles. The topological polar surface area (TPSA) is 27.3 Å². The van der Waals surface area contributed by atoms with Gasteiger partial charge in [0, 0.05) is 6.04 Å². The molecule has 5 rings (SSSR count). The van der Waals surface area contributed by atoms with Gasteiger partial charge in [-0.25, -0.2) is 4.39 Å². The van der Waals surface area contributed by atoms with E-state index in [9.17, 15) is 4.39 Å². The third-order valence-corrected chi connectivity index (χ3v) is 5.26. The number of piperidine rings is 3. The van der Waals surface area contributed by atoms with E-state index in [1.165, 1.54) is 38.1 Å². The normalized spacial score (nSPS) is 38.9. The second-order valence-electron chi connectivity index (χ2n) is 6.04. The molecule has 4 aliphatic rings. The molecule has 3 nitrogen and oxygen atoms in total. The number of halogens is 1. The van der Waals surface area contributed by atoms with Crippen molar-refractivity contribution < 1.29 is 4.39 Å². The van der Waals surface area contributed by atoms with Crippen LogP contribution in [-0.4, -0.2) is 35.2 Å². The van der Waals surface area contributed by atoms with Gasteiger partial charge >= 0.3 is 0 Å². The average molecular weight is 291 g/mol. The maximum Gasteiger partial charge on any atom is 0.167 e. The SMILES string of the molecule is Fc1ccc(C2NC(=S)NC3C4CCN(CC4)C23)cc1. The number of nitrogens with one attached hydrogen (secondary N) is 2. The number of rotatable bonds is 1. The van der Waals surface area contributed by atoms with E-state index in [0.717, 1.165) is 10.7 Å². The van der Waals surface area contributed by atoms with Crippen molar-refractivity contribution in [1.82, 2.24) is 15.5 Å². The lowest BCUT2D eigenvalue weighted by molar-refractivity contribution is -0.00358. The molecule has 4 fully saturated rings. The van der Waals surface area contributed by atoms with Gasteiger partial charge in [-0.05, 0) is 61.8 Å². The van der Waals surface area contributed by atoms with Crippen LogP contribution in [0.15, 0.2) is 24.3 Å². The van der Waals surface area contributed by atoms with Crippen LogP contribution in [-0.2, 0) is 0 Å². The number of fused-ring (bicyclic) bond motifs is 2. The smallest absolute Gasteiger partial charge is 0.167 e. The Labute approximate surface area is 123 Å². The van der Waals surface area contributed by atoms with E-state index in [4.69, 9.17) is 12.2 Å². The first kappa shape index (κ1) is 12.5. The predicted octanol–water partition coefficient (Wildman–Crippen LogP) is 1.81. The maximum atomic E-state index is 13.1. The molecule has 3 unspecified atom stereocenters. The first-order valence-electron chi connectivity index (χ1n) is 7.29. The van der Waals surface area contributed by atoms with E-state index >= 15 is 0 Å². The molecule has 106 valence electrons. The highest BCUT2D eigenvalue weighted by molar-refractivity contribution is 7.80. The Bertz CT molecular complexity index is 524. The highest BCUT2D eigenvalue weighted by Gasteiger charge is 2.48. The molecule has 5 heteroatoms. The first-order chi connectivity index (χ1) is 9.72. The van der Waals surface area contributed by atoms with Gasteiger partial charge in [-0.1, -0.05) is 12.1 Å². The number of hydrogen-bond donors (Lipinski definition) is 2. The Kier molecular flexibility index (Phi) is 2.93. The molecule has 2 bridgehead atoms. The van der Waals surface area contributed by atoms with Gasteiger partial charge < -0.3 is 10.6 Å². The van der Waals surface area contributed by atoms with Gasteiger partial charge in [0.2, 0.25) is 0 Å². The summed E-state index contributed by atoms with van der Waals surface area (Å²) in [5, 5.41) is 7.59. The Morgan fingerprint density at radius 2 is 1.80 bits per heavy atom. The zero-order valence-corrected chi connectivity index (χ0v) is 12.0. The fraction of sp³-hybridized carbons (Fsp3) is 0.533. The quantitative estimate of drug-likeness (QED) is 0.772. The molecule has 20 heavy (non-hydrogen) atoms. The molecule has 4 heterocycles. The maximum absolute atomic E-state index is 13.1. The Balaban J connectivity index is 1.70. The van der Waals surface area contributed by atoms with Crippen LogP contribution in [0, 0.1) is 11.7 Å². The molecular formula is C15H18FN3S. The summed E-state index contributed by atoms with van der Waals surface area (Å²) >= 11 is 5.38. The van der Waals surface area contributed by atoms with E-state index in [0.29, 0.717) is 18.0 Å². The Morgan fingerprint density at radius 1 is 1.10 bits per heavy atom. The number of benzene rings is 1. The second-order valence-corrected chi connectivity index (χ2v) is 6.45. The monoisotopic (exact) mass is 291 g/mol. The van der Waals surface area contributed by atoms with Crippen LogP contribution in [0.5, 0.6) is 0 Å². The third kappa shape index (κ3) is 1.91. The van der Waals surface area contributed by atoms with E-state index in [1.807, 2.05) is 12.1 Å². The standard InChI is InChI=1S/C15H18FN3S/c16-11-3-1-9(2-4-11)12-14-13(18-15(20)17-12)10-5-7-19(14)8-6-10/h1-4,10,12-14H,5-8H2,(H2,17,18,20). The summed E-state index contributed by atoms with van der Waals surface area (Å²) in [4.78, 5) is 2.56.